The van der Waals surface area contributed by atoms with E-state index in [0.29, 0.717) is 14.2 Å². The van der Waals surface area contributed by atoms with Gasteiger partial charge in [-0.15, -0.1) is 11.3 Å². The van der Waals surface area contributed by atoms with Crippen molar-refractivity contribution in [2.24, 2.45) is 0 Å². The van der Waals surface area contributed by atoms with Crippen LogP contribution in [0.25, 0.3) is 0 Å². The number of sulfonamides is 1. The fourth-order valence-electron chi connectivity index (χ4n) is 1.76. The zero-order chi connectivity index (χ0) is 17.2. The normalized spacial score (nSPS) is 11.7. The molecule has 0 saturated heterocycles. The van der Waals surface area contributed by atoms with Gasteiger partial charge in [-0.25, -0.2) is 12.7 Å². The first-order valence-corrected chi connectivity index (χ1v) is 9.47. The average Bonchev–Trinajstić information content (AvgIpc) is 2.84. The molecule has 0 aliphatic rings. The Balaban J connectivity index is 2.05. The Kier molecular flexibility index (Phi) is 5.70. The number of benzene rings is 1. The van der Waals surface area contributed by atoms with Crippen LogP contribution in [0.2, 0.25) is 8.67 Å². The maximum Gasteiger partial charge on any atom is 0.253 e. The molecule has 0 bridgehead atoms. The van der Waals surface area contributed by atoms with Gasteiger partial charge >= 0.3 is 0 Å². The predicted molar refractivity (Wildman–Crippen MR) is 92.8 cm³/mol. The van der Waals surface area contributed by atoms with Gasteiger partial charge in [0.05, 0.1) is 14.8 Å². The van der Waals surface area contributed by atoms with E-state index >= 15 is 0 Å². The van der Waals surface area contributed by atoms with E-state index in [9.17, 15) is 13.2 Å². The van der Waals surface area contributed by atoms with Gasteiger partial charge in [0.1, 0.15) is 4.34 Å². The summed E-state index contributed by atoms with van der Waals surface area (Å²) in [5.41, 5.74) is 1.10. The molecule has 0 spiro atoms. The van der Waals surface area contributed by atoms with E-state index in [4.69, 9.17) is 23.2 Å². The van der Waals surface area contributed by atoms with Gasteiger partial charge in [0.15, 0.2) is 0 Å². The first-order valence-electron chi connectivity index (χ1n) is 6.46. The summed E-state index contributed by atoms with van der Waals surface area (Å²) < 4.78 is 25.8. The fourth-order valence-corrected chi connectivity index (χ4v) is 4.12. The molecule has 9 heteroatoms. The molecule has 1 heterocycles. The van der Waals surface area contributed by atoms with E-state index in [2.05, 4.69) is 5.32 Å². The number of halogens is 2. The van der Waals surface area contributed by atoms with Gasteiger partial charge in [-0.05, 0) is 23.8 Å². The molecule has 1 N–H and O–H groups in total. The van der Waals surface area contributed by atoms with Crippen LogP contribution in [0, 0.1) is 0 Å². The molecule has 23 heavy (non-hydrogen) atoms. The molecule has 2 rings (SSSR count). The van der Waals surface area contributed by atoms with Gasteiger partial charge in [0.2, 0.25) is 10.0 Å². The maximum absolute atomic E-state index is 12.0. The zero-order valence-corrected chi connectivity index (χ0v) is 15.5. The molecule has 1 aromatic heterocycles. The number of thiophene rings is 1. The van der Waals surface area contributed by atoms with Crippen LogP contribution >= 0.6 is 34.5 Å². The van der Waals surface area contributed by atoms with E-state index < -0.39 is 10.0 Å². The molecule has 0 unspecified atom stereocenters. The highest BCUT2D eigenvalue weighted by Crippen LogP contribution is 2.31. The molecule has 1 aromatic carbocycles. The Morgan fingerprint density at radius 3 is 2.30 bits per heavy atom. The molecule has 0 aliphatic carbocycles. The Morgan fingerprint density at radius 1 is 1.22 bits per heavy atom. The fraction of sp³-hybridized carbons (Fsp3) is 0.214. The molecular formula is C14H14Cl2N2O3S2. The van der Waals surface area contributed by atoms with Crippen molar-refractivity contribution in [3.63, 3.8) is 0 Å². The third-order valence-electron chi connectivity index (χ3n) is 3.06. The second kappa shape index (κ2) is 7.19. The monoisotopic (exact) mass is 392 g/mol. The topological polar surface area (TPSA) is 66.5 Å². The quantitative estimate of drug-likeness (QED) is 0.848. The largest absolute Gasteiger partial charge is 0.348 e. The van der Waals surface area contributed by atoms with Crippen LogP contribution in [0.3, 0.4) is 0 Å². The highest BCUT2D eigenvalue weighted by Gasteiger charge is 2.17. The Morgan fingerprint density at radius 2 is 1.83 bits per heavy atom. The minimum Gasteiger partial charge on any atom is -0.348 e. The first kappa shape index (κ1) is 18.2. The molecule has 5 nitrogen and oxygen atoms in total. The third kappa shape index (κ3) is 4.24. The van der Waals surface area contributed by atoms with Crippen molar-refractivity contribution < 1.29 is 13.2 Å². The zero-order valence-electron chi connectivity index (χ0n) is 12.3. The molecule has 0 saturated carbocycles. The number of nitrogens with one attached hydrogen (secondary N) is 1. The third-order valence-corrected chi connectivity index (χ3v) is 6.37. The van der Waals surface area contributed by atoms with Gasteiger partial charge in [0.25, 0.3) is 5.91 Å². The Labute approximate surface area is 148 Å². The molecule has 0 fully saturated rings. The molecule has 0 radical (unpaired) electrons. The summed E-state index contributed by atoms with van der Waals surface area (Å²) in [6, 6.07) is 7.82. The van der Waals surface area contributed by atoms with E-state index in [0.717, 1.165) is 21.2 Å². The number of carbonyl (C=O) groups excluding carboxylic acids is 1. The summed E-state index contributed by atoms with van der Waals surface area (Å²) in [6.45, 7) is 0.255. The molecule has 1 amide bonds. The number of nitrogens with zero attached hydrogens (tertiary/aromatic N) is 1. The molecule has 0 aliphatic heterocycles. The van der Waals surface area contributed by atoms with Crippen molar-refractivity contribution in [2.45, 2.75) is 11.4 Å². The van der Waals surface area contributed by atoms with Crippen LogP contribution in [0.4, 0.5) is 0 Å². The first-order chi connectivity index (χ1) is 10.7. The second-order valence-corrected chi connectivity index (χ2v) is 9.29. The summed E-state index contributed by atoms with van der Waals surface area (Å²) in [5, 5.41) is 2.72. The highest BCUT2D eigenvalue weighted by molar-refractivity contribution is 7.89. The molecule has 0 atom stereocenters. The number of hydrogen-bond acceptors (Lipinski definition) is 4. The van der Waals surface area contributed by atoms with Gasteiger partial charge in [-0.1, -0.05) is 35.3 Å². The lowest BCUT2D eigenvalue weighted by atomic mass is 10.2. The van der Waals surface area contributed by atoms with Crippen LogP contribution < -0.4 is 5.32 Å². The van der Waals surface area contributed by atoms with E-state index in [1.807, 2.05) is 0 Å². The number of amides is 1. The van der Waals surface area contributed by atoms with E-state index in [1.165, 1.54) is 32.3 Å². The van der Waals surface area contributed by atoms with Crippen molar-refractivity contribution in [1.29, 1.82) is 0 Å². The van der Waals surface area contributed by atoms with E-state index in [1.54, 1.807) is 12.1 Å². The highest BCUT2D eigenvalue weighted by atomic mass is 35.5. The van der Waals surface area contributed by atoms with Gasteiger partial charge in [0, 0.05) is 20.6 Å². The van der Waals surface area contributed by atoms with Crippen molar-refractivity contribution in [3.8, 4) is 0 Å². The van der Waals surface area contributed by atoms with Crippen molar-refractivity contribution in [1.82, 2.24) is 9.62 Å². The van der Waals surface area contributed by atoms with Gasteiger partial charge in [-0.3, -0.25) is 4.79 Å². The Bertz CT molecular complexity index is 815. The standard InChI is InChI=1S/C14H14Cl2N2O3S2/c1-18(2)23(20,21)10-5-3-9(4-6-10)8-17-14(19)11-7-12(15)22-13(11)16/h3-7H,8H2,1-2H3,(H,17,19). The summed E-state index contributed by atoms with van der Waals surface area (Å²) >= 11 is 12.9. The number of carbonyl (C=O) groups is 1. The summed E-state index contributed by atoms with van der Waals surface area (Å²) in [7, 11) is -0.513. The lowest BCUT2D eigenvalue weighted by Gasteiger charge is -2.11. The SMILES string of the molecule is CN(C)S(=O)(=O)c1ccc(CNC(=O)c2cc(Cl)sc2Cl)cc1. The minimum absolute atomic E-state index is 0.199. The number of rotatable bonds is 5. The summed E-state index contributed by atoms with van der Waals surface area (Å²) in [6.07, 6.45) is 0. The maximum atomic E-state index is 12.0. The van der Waals surface area contributed by atoms with Crippen molar-refractivity contribution in [3.05, 3.63) is 50.1 Å². The smallest absolute Gasteiger partial charge is 0.253 e. The van der Waals surface area contributed by atoms with Crippen LogP contribution in [-0.4, -0.2) is 32.7 Å². The molecule has 124 valence electrons. The van der Waals surface area contributed by atoms with E-state index in [-0.39, 0.29) is 17.3 Å². The molecule has 2 aromatic rings. The average molecular weight is 393 g/mol. The van der Waals surface area contributed by atoms with Crippen molar-refractivity contribution in [2.75, 3.05) is 14.1 Å². The van der Waals surface area contributed by atoms with Gasteiger partial charge < -0.3 is 5.32 Å². The van der Waals surface area contributed by atoms with Crippen LogP contribution in [0.5, 0.6) is 0 Å². The minimum atomic E-state index is -3.46. The summed E-state index contributed by atoms with van der Waals surface area (Å²) in [4.78, 5) is 12.2. The van der Waals surface area contributed by atoms with Crippen LogP contribution in [0.1, 0.15) is 15.9 Å². The Hall–Kier alpha value is -1.12. The van der Waals surface area contributed by atoms with Crippen LogP contribution in [0.15, 0.2) is 35.2 Å². The molecular weight excluding hydrogens is 379 g/mol. The van der Waals surface area contributed by atoms with Crippen molar-refractivity contribution >= 4 is 50.5 Å². The van der Waals surface area contributed by atoms with Gasteiger partial charge in [-0.2, -0.15) is 0 Å². The summed E-state index contributed by atoms with van der Waals surface area (Å²) in [5.74, 6) is -0.330. The van der Waals surface area contributed by atoms with Crippen LogP contribution in [-0.2, 0) is 16.6 Å². The second-order valence-electron chi connectivity index (χ2n) is 4.85. The number of hydrogen-bond donors (Lipinski definition) is 1. The lowest BCUT2D eigenvalue weighted by Crippen LogP contribution is -2.23. The predicted octanol–water partition coefficient (Wildman–Crippen LogP) is 3.24. The lowest BCUT2D eigenvalue weighted by molar-refractivity contribution is 0.0951.